The molecule has 1 aliphatic rings. The number of hydrogen-bond acceptors (Lipinski definition) is 4. The number of piperazine rings is 1. The summed E-state index contributed by atoms with van der Waals surface area (Å²) in [5.41, 5.74) is 1.28. The highest BCUT2D eigenvalue weighted by Crippen LogP contribution is 2.19. The molecule has 1 aromatic carbocycles. The molecule has 0 radical (unpaired) electrons. The highest BCUT2D eigenvalue weighted by molar-refractivity contribution is 5.28. The molecule has 1 N–H and O–H groups in total. The number of aliphatic hydroxyl groups excluding tert-OH is 1. The summed E-state index contributed by atoms with van der Waals surface area (Å²) in [6, 6.07) is 8.73. The topological polar surface area (TPSA) is 35.9 Å². The van der Waals surface area contributed by atoms with E-state index in [0.29, 0.717) is 6.04 Å². The Morgan fingerprint density at radius 1 is 1.33 bits per heavy atom. The number of benzene rings is 1. The van der Waals surface area contributed by atoms with Crippen molar-refractivity contribution < 1.29 is 9.84 Å². The molecule has 4 heteroatoms. The maximum atomic E-state index is 9.34. The van der Waals surface area contributed by atoms with Crippen molar-refractivity contribution in [2.24, 2.45) is 0 Å². The minimum absolute atomic E-state index is 0.263. The van der Waals surface area contributed by atoms with Crippen LogP contribution in [-0.4, -0.2) is 60.8 Å². The molecule has 4 nitrogen and oxygen atoms in total. The average molecular weight is 292 g/mol. The average Bonchev–Trinajstić information content (AvgIpc) is 2.51. The summed E-state index contributed by atoms with van der Waals surface area (Å²) in [5, 5.41) is 9.34. The van der Waals surface area contributed by atoms with Gasteiger partial charge < -0.3 is 14.7 Å². The minimum atomic E-state index is 0.263. The lowest BCUT2D eigenvalue weighted by atomic mass is 10.1. The van der Waals surface area contributed by atoms with E-state index in [1.54, 1.807) is 7.11 Å². The number of methoxy groups -OCH3 is 1. The van der Waals surface area contributed by atoms with Crippen molar-refractivity contribution >= 4 is 0 Å². The fourth-order valence-corrected chi connectivity index (χ4v) is 3.11. The van der Waals surface area contributed by atoms with Crippen LogP contribution in [0.5, 0.6) is 5.75 Å². The van der Waals surface area contributed by atoms with Crippen LogP contribution in [0.3, 0.4) is 0 Å². The largest absolute Gasteiger partial charge is 0.497 e. The predicted molar refractivity (Wildman–Crippen MR) is 85.6 cm³/mol. The van der Waals surface area contributed by atoms with Crippen LogP contribution >= 0.6 is 0 Å². The van der Waals surface area contributed by atoms with Gasteiger partial charge in [0, 0.05) is 38.8 Å². The lowest BCUT2D eigenvalue weighted by Crippen LogP contribution is -2.53. The highest BCUT2D eigenvalue weighted by Gasteiger charge is 2.26. The molecule has 1 atom stereocenters. The molecule has 2 rings (SSSR count). The van der Waals surface area contributed by atoms with Crippen molar-refractivity contribution in [1.82, 2.24) is 9.80 Å². The van der Waals surface area contributed by atoms with Gasteiger partial charge >= 0.3 is 0 Å². The van der Waals surface area contributed by atoms with E-state index in [0.717, 1.165) is 44.9 Å². The second-order valence-corrected chi connectivity index (χ2v) is 5.79. The van der Waals surface area contributed by atoms with Gasteiger partial charge in [-0.05, 0) is 37.1 Å². The van der Waals surface area contributed by atoms with Crippen LogP contribution in [0, 0.1) is 0 Å². The Balaban J connectivity index is 1.99. The molecule has 0 unspecified atom stereocenters. The third-order valence-corrected chi connectivity index (χ3v) is 4.21. The molecular weight excluding hydrogens is 264 g/mol. The van der Waals surface area contributed by atoms with Gasteiger partial charge in [0.15, 0.2) is 0 Å². The first-order chi connectivity index (χ1) is 10.3. The van der Waals surface area contributed by atoms with Crippen molar-refractivity contribution in [2.45, 2.75) is 32.4 Å². The van der Waals surface area contributed by atoms with Crippen molar-refractivity contribution in [2.75, 3.05) is 39.9 Å². The fraction of sp³-hybridized carbons (Fsp3) is 0.647. The van der Waals surface area contributed by atoms with Crippen LogP contribution < -0.4 is 4.74 Å². The molecule has 0 bridgehead atoms. The van der Waals surface area contributed by atoms with Gasteiger partial charge in [0.1, 0.15) is 5.75 Å². The van der Waals surface area contributed by atoms with Crippen LogP contribution in [0.4, 0.5) is 0 Å². The monoisotopic (exact) mass is 292 g/mol. The van der Waals surface area contributed by atoms with E-state index in [9.17, 15) is 5.11 Å². The number of nitrogens with zero attached hydrogens (tertiary/aromatic N) is 2. The first-order valence-corrected chi connectivity index (χ1v) is 7.97. The Labute approximate surface area is 128 Å². The van der Waals surface area contributed by atoms with E-state index in [1.165, 1.54) is 12.0 Å². The smallest absolute Gasteiger partial charge is 0.119 e. The summed E-state index contributed by atoms with van der Waals surface area (Å²) < 4.78 is 5.30. The van der Waals surface area contributed by atoms with Gasteiger partial charge in [0.05, 0.1) is 7.11 Å². The molecule has 0 amide bonds. The molecule has 0 aliphatic carbocycles. The first kappa shape index (κ1) is 16.3. The molecule has 21 heavy (non-hydrogen) atoms. The van der Waals surface area contributed by atoms with Crippen LogP contribution in [0.25, 0.3) is 0 Å². The summed E-state index contributed by atoms with van der Waals surface area (Å²) >= 11 is 0. The zero-order valence-corrected chi connectivity index (χ0v) is 13.3. The zero-order chi connectivity index (χ0) is 15.1. The number of ether oxygens (including phenoxy) is 1. The van der Waals surface area contributed by atoms with Gasteiger partial charge in [-0.25, -0.2) is 0 Å². The summed E-state index contributed by atoms with van der Waals surface area (Å²) in [7, 11) is 1.71. The van der Waals surface area contributed by atoms with E-state index in [2.05, 4.69) is 28.9 Å². The third-order valence-electron chi connectivity index (χ3n) is 4.21. The van der Waals surface area contributed by atoms with Gasteiger partial charge in [-0.3, -0.25) is 4.90 Å². The lowest BCUT2D eigenvalue weighted by molar-refractivity contribution is 0.0538. The van der Waals surface area contributed by atoms with Crippen molar-refractivity contribution in [3.63, 3.8) is 0 Å². The van der Waals surface area contributed by atoms with E-state index in [-0.39, 0.29) is 6.61 Å². The van der Waals surface area contributed by atoms with Crippen molar-refractivity contribution in [1.29, 1.82) is 0 Å². The number of rotatable bonds is 7. The minimum Gasteiger partial charge on any atom is -0.497 e. The summed E-state index contributed by atoms with van der Waals surface area (Å²) in [5.74, 6) is 0.913. The summed E-state index contributed by atoms with van der Waals surface area (Å²) in [4.78, 5) is 5.01. The van der Waals surface area contributed by atoms with Crippen molar-refractivity contribution in [3.8, 4) is 5.75 Å². The van der Waals surface area contributed by atoms with E-state index >= 15 is 0 Å². The second-order valence-electron chi connectivity index (χ2n) is 5.79. The molecular formula is C17H28N2O2. The zero-order valence-electron chi connectivity index (χ0n) is 13.3. The van der Waals surface area contributed by atoms with Gasteiger partial charge in [0.25, 0.3) is 0 Å². The molecule has 0 aromatic heterocycles. The molecule has 1 aromatic rings. The maximum absolute atomic E-state index is 9.34. The van der Waals surface area contributed by atoms with Gasteiger partial charge in [-0.1, -0.05) is 19.1 Å². The van der Waals surface area contributed by atoms with Gasteiger partial charge in [-0.15, -0.1) is 0 Å². The molecule has 118 valence electrons. The normalized spacial score (nSPS) is 20.6. The predicted octanol–water partition coefficient (Wildman–Crippen LogP) is 1.97. The second kappa shape index (κ2) is 8.37. The summed E-state index contributed by atoms with van der Waals surface area (Å²) in [6.45, 7) is 7.85. The molecule has 0 saturated carbocycles. The van der Waals surface area contributed by atoms with Gasteiger partial charge in [0.2, 0.25) is 0 Å². The Morgan fingerprint density at radius 2 is 2.19 bits per heavy atom. The van der Waals surface area contributed by atoms with Crippen LogP contribution in [0.1, 0.15) is 25.3 Å². The van der Waals surface area contributed by atoms with E-state index in [4.69, 9.17) is 4.74 Å². The Kier molecular flexibility index (Phi) is 6.49. The molecule has 1 heterocycles. The quantitative estimate of drug-likeness (QED) is 0.833. The Hall–Kier alpha value is -1.10. The van der Waals surface area contributed by atoms with Crippen LogP contribution in [0.2, 0.25) is 0 Å². The Morgan fingerprint density at radius 3 is 2.90 bits per heavy atom. The first-order valence-electron chi connectivity index (χ1n) is 7.97. The standard InChI is InChI=1S/C17H28N2O2/c1-3-8-18-9-10-19(16(14-18)7-11-20)13-15-5-4-6-17(12-15)21-2/h4-6,12,16,20H,3,7-11,13-14H2,1-2H3/t16-/m1/s1. The number of aliphatic hydroxyl groups is 1. The van der Waals surface area contributed by atoms with Gasteiger partial charge in [-0.2, -0.15) is 0 Å². The SMILES string of the molecule is CCCN1CCN(Cc2cccc(OC)c2)[C@H](CCO)C1. The molecule has 1 saturated heterocycles. The Bertz CT molecular complexity index is 425. The molecule has 0 spiro atoms. The molecule has 1 fully saturated rings. The van der Waals surface area contributed by atoms with Crippen LogP contribution in [0.15, 0.2) is 24.3 Å². The fourth-order valence-electron chi connectivity index (χ4n) is 3.11. The van der Waals surface area contributed by atoms with Crippen LogP contribution in [-0.2, 0) is 6.54 Å². The lowest BCUT2D eigenvalue weighted by Gasteiger charge is -2.41. The van der Waals surface area contributed by atoms with E-state index < -0.39 is 0 Å². The maximum Gasteiger partial charge on any atom is 0.119 e. The third kappa shape index (κ3) is 4.70. The van der Waals surface area contributed by atoms with E-state index in [1.807, 2.05) is 12.1 Å². The molecule has 1 aliphatic heterocycles. The number of hydrogen-bond donors (Lipinski definition) is 1. The summed E-state index contributed by atoms with van der Waals surface area (Å²) in [6.07, 6.45) is 2.05. The van der Waals surface area contributed by atoms with Crippen molar-refractivity contribution in [3.05, 3.63) is 29.8 Å². The highest BCUT2D eigenvalue weighted by atomic mass is 16.5.